The van der Waals surface area contributed by atoms with Crippen molar-refractivity contribution in [1.82, 2.24) is 19.9 Å². The fraction of sp³-hybridized carbons (Fsp3) is 0.286. The van der Waals surface area contributed by atoms with Gasteiger partial charge in [0.2, 0.25) is 5.91 Å². The molecule has 0 unspecified atom stereocenters. The molecule has 0 atom stereocenters. The van der Waals surface area contributed by atoms with E-state index in [0.717, 1.165) is 10.2 Å². The van der Waals surface area contributed by atoms with E-state index in [1.165, 1.54) is 0 Å². The van der Waals surface area contributed by atoms with Crippen molar-refractivity contribution in [2.45, 2.75) is 13.5 Å². The number of carbonyl (C=O) groups is 1. The highest BCUT2D eigenvalue weighted by Gasteiger charge is 2.09. The van der Waals surface area contributed by atoms with E-state index in [9.17, 15) is 4.79 Å². The van der Waals surface area contributed by atoms with E-state index in [1.807, 2.05) is 31.0 Å². The molecule has 0 bridgehead atoms. The van der Waals surface area contributed by atoms with Crippen LogP contribution in [0.5, 0.6) is 0 Å². The van der Waals surface area contributed by atoms with Crippen molar-refractivity contribution in [2.75, 3.05) is 18.9 Å². The Labute approximate surface area is 131 Å². The molecule has 1 amide bonds. The van der Waals surface area contributed by atoms with Crippen LogP contribution in [0.25, 0.3) is 0 Å². The largest absolute Gasteiger partial charge is 0.310 e. The Kier molecular flexibility index (Phi) is 5.35. The fourth-order valence-corrected chi connectivity index (χ4v) is 1.99. The quantitative estimate of drug-likeness (QED) is 0.893. The van der Waals surface area contributed by atoms with Gasteiger partial charge in [-0.15, -0.1) is 0 Å². The number of hydrogen-bond acceptors (Lipinski definition) is 5. The van der Waals surface area contributed by atoms with Crippen molar-refractivity contribution in [2.24, 2.45) is 0 Å². The van der Waals surface area contributed by atoms with Crippen LogP contribution in [0.2, 0.25) is 0 Å². The van der Waals surface area contributed by atoms with Crippen molar-refractivity contribution in [3.05, 3.63) is 46.6 Å². The van der Waals surface area contributed by atoms with Crippen LogP contribution in [0.1, 0.15) is 11.5 Å². The average Bonchev–Trinajstić information content (AvgIpc) is 2.41. The Morgan fingerprint density at radius 1 is 1.33 bits per heavy atom. The van der Waals surface area contributed by atoms with Crippen molar-refractivity contribution in [3.63, 3.8) is 0 Å². The van der Waals surface area contributed by atoms with Crippen molar-refractivity contribution in [3.8, 4) is 0 Å². The van der Waals surface area contributed by atoms with E-state index < -0.39 is 0 Å². The van der Waals surface area contributed by atoms with Gasteiger partial charge >= 0.3 is 0 Å². The number of aryl methyl sites for hydroxylation is 1. The predicted molar refractivity (Wildman–Crippen MR) is 83.7 cm³/mol. The second kappa shape index (κ2) is 7.24. The number of anilines is 1. The maximum atomic E-state index is 11.9. The second-order valence-electron chi connectivity index (χ2n) is 4.70. The van der Waals surface area contributed by atoms with E-state index in [0.29, 0.717) is 18.2 Å². The van der Waals surface area contributed by atoms with Crippen LogP contribution in [-0.2, 0) is 11.3 Å². The zero-order chi connectivity index (χ0) is 15.2. The van der Waals surface area contributed by atoms with Crippen LogP contribution in [0.4, 0.5) is 5.82 Å². The molecular weight excluding hydrogens is 334 g/mol. The summed E-state index contributed by atoms with van der Waals surface area (Å²) >= 11 is 3.30. The molecule has 2 aromatic rings. The molecule has 0 saturated carbocycles. The lowest BCUT2D eigenvalue weighted by Gasteiger charge is -2.15. The molecule has 0 radical (unpaired) electrons. The summed E-state index contributed by atoms with van der Waals surface area (Å²) < 4.78 is 0.870. The van der Waals surface area contributed by atoms with E-state index in [-0.39, 0.29) is 12.5 Å². The van der Waals surface area contributed by atoms with Gasteiger partial charge in [-0.3, -0.25) is 9.69 Å². The van der Waals surface area contributed by atoms with Crippen LogP contribution < -0.4 is 5.32 Å². The summed E-state index contributed by atoms with van der Waals surface area (Å²) in [5, 5.41) is 2.74. The smallest absolute Gasteiger partial charge is 0.239 e. The molecule has 2 heterocycles. The van der Waals surface area contributed by atoms with Crippen LogP contribution in [-0.4, -0.2) is 39.4 Å². The Balaban J connectivity index is 1.86. The average molecular weight is 350 g/mol. The van der Waals surface area contributed by atoms with Gasteiger partial charge in [0.25, 0.3) is 0 Å². The van der Waals surface area contributed by atoms with Gasteiger partial charge in [0.15, 0.2) is 0 Å². The molecule has 0 spiro atoms. The Morgan fingerprint density at radius 3 is 2.81 bits per heavy atom. The number of halogens is 1. The number of nitrogens with one attached hydrogen (secondary N) is 1. The number of hydrogen-bond donors (Lipinski definition) is 1. The van der Waals surface area contributed by atoms with Crippen LogP contribution in [0.15, 0.2) is 35.1 Å². The number of rotatable bonds is 5. The number of amides is 1. The maximum absolute atomic E-state index is 11.9. The lowest BCUT2D eigenvalue weighted by Crippen LogP contribution is -2.30. The molecule has 2 aromatic heterocycles. The van der Waals surface area contributed by atoms with Gasteiger partial charge < -0.3 is 5.32 Å². The second-order valence-corrected chi connectivity index (χ2v) is 5.61. The van der Waals surface area contributed by atoms with Crippen molar-refractivity contribution in [1.29, 1.82) is 0 Å². The molecule has 21 heavy (non-hydrogen) atoms. The first-order chi connectivity index (χ1) is 10.0. The number of pyridine rings is 1. The van der Waals surface area contributed by atoms with Gasteiger partial charge in [0, 0.05) is 22.6 Å². The van der Waals surface area contributed by atoms with Gasteiger partial charge in [0.05, 0.1) is 13.1 Å². The highest BCUT2D eigenvalue weighted by atomic mass is 79.9. The lowest BCUT2D eigenvalue weighted by molar-refractivity contribution is -0.117. The third-order valence-electron chi connectivity index (χ3n) is 2.66. The zero-order valence-corrected chi connectivity index (χ0v) is 13.5. The summed E-state index contributed by atoms with van der Waals surface area (Å²) in [6, 6.07) is 5.41. The summed E-state index contributed by atoms with van der Waals surface area (Å²) in [6.07, 6.45) is 3.36. The number of nitrogens with zero attached hydrogens (tertiary/aromatic N) is 4. The van der Waals surface area contributed by atoms with Crippen LogP contribution >= 0.6 is 15.9 Å². The molecular formula is C14H16BrN5O. The molecule has 0 aromatic carbocycles. The van der Waals surface area contributed by atoms with Crippen LogP contribution in [0.3, 0.4) is 0 Å². The van der Waals surface area contributed by atoms with E-state index in [4.69, 9.17) is 0 Å². The highest BCUT2D eigenvalue weighted by molar-refractivity contribution is 9.10. The number of aromatic nitrogens is 3. The first kappa shape index (κ1) is 15.5. The normalized spacial score (nSPS) is 10.7. The standard InChI is InChI=1S/C14H16BrN5O/c1-10-5-6-16-13(18-10)8-20(2)9-14(21)19-12-4-3-11(15)7-17-12/h3-7H,8-9H2,1-2H3,(H,17,19,21). The fourth-order valence-electron chi connectivity index (χ4n) is 1.75. The maximum Gasteiger partial charge on any atom is 0.239 e. The molecule has 0 aliphatic heterocycles. The summed E-state index contributed by atoms with van der Waals surface area (Å²) in [5.41, 5.74) is 0.914. The van der Waals surface area contributed by atoms with E-state index in [2.05, 4.69) is 36.2 Å². The topological polar surface area (TPSA) is 71.0 Å². The summed E-state index contributed by atoms with van der Waals surface area (Å²) in [6.45, 7) is 2.68. The van der Waals surface area contributed by atoms with Gasteiger partial charge in [-0.2, -0.15) is 0 Å². The first-order valence-electron chi connectivity index (χ1n) is 6.41. The highest BCUT2D eigenvalue weighted by Crippen LogP contribution is 2.10. The van der Waals surface area contributed by atoms with Crippen LogP contribution in [0, 0.1) is 6.92 Å². The Hall–Kier alpha value is -1.86. The minimum Gasteiger partial charge on any atom is -0.310 e. The van der Waals surface area contributed by atoms with Crippen molar-refractivity contribution >= 4 is 27.7 Å². The minimum absolute atomic E-state index is 0.125. The summed E-state index contributed by atoms with van der Waals surface area (Å²) in [5.74, 6) is 1.11. The molecule has 0 saturated heterocycles. The first-order valence-corrected chi connectivity index (χ1v) is 7.21. The Bertz CT molecular complexity index is 617. The van der Waals surface area contributed by atoms with Gasteiger partial charge in [-0.05, 0) is 48.1 Å². The van der Waals surface area contributed by atoms with E-state index in [1.54, 1.807) is 18.5 Å². The van der Waals surface area contributed by atoms with E-state index >= 15 is 0 Å². The number of likely N-dealkylation sites (N-methyl/N-ethyl adjacent to an activating group) is 1. The molecule has 1 N–H and O–H groups in total. The summed E-state index contributed by atoms with van der Waals surface area (Å²) in [7, 11) is 1.85. The van der Waals surface area contributed by atoms with Crippen molar-refractivity contribution < 1.29 is 4.79 Å². The Morgan fingerprint density at radius 2 is 2.14 bits per heavy atom. The summed E-state index contributed by atoms with van der Waals surface area (Å²) in [4.78, 5) is 26.4. The molecule has 0 fully saturated rings. The molecule has 7 heteroatoms. The van der Waals surface area contributed by atoms with Gasteiger partial charge in [0.1, 0.15) is 11.6 Å². The molecule has 2 rings (SSSR count). The SMILES string of the molecule is Cc1ccnc(CN(C)CC(=O)Nc2ccc(Br)cn2)n1. The molecule has 0 aliphatic carbocycles. The third-order valence-corrected chi connectivity index (χ3v) is 3.13. The third kappa shape index (κ3) is 5.20. The lowest BCUT2D eigenvalue weighted by atomic mass is 10.4. The minimum atomic E-state index is -0.125. The van der Waals surface area contributed by atoms with Gasteiger partial charge in [-0.1, -0.05) is 0 Å². The predicted octanol–water partition coefficient (Wildman–Crippen LogP) is 2.01. The molecule has 6 nitrogen and oxygen atoms in total. The van der Waals surface area contributed by atoms with Gasteiger partial charge in [-0.25, -0.2) is 15.0 Å². The zero-order valence-electron chi connectivity index (χ0n) is 11.9. The monoisotopic (exact) mass is 349 g/mol. The number of carbonyl (C=O) groups excluding carboxylic acids is 1. The molecule has 110 valence electrons. The molecule has 0 aliphatic rings.